The van der Waals surface area contributed by atoms with Crippen molar-refractivity contribution in [2.45, 2.75) is 33.1 Å². The zero-order valence-electron chi connectivity index (χ0n) is 17.7. The second-order valence-electron chi connectivity index (χ2n) is 7.74. The lowest BCUT2D eigenvalue weighted by atomic mass is 9.58. The molecule has 0 radical (unpaired) electrons. The maximum absolute atomic E-state index is 12.7. The molecular formula is C24H23N3O4. The summed E-state index contributed by atoms with van der Waals surface area (Å²) in [5, 5.41) is 23.4. The van der Waals surface area contributed by atoms with Crippen LogP contribution in [0.1, 0.15) is 49.2 Å². The van der Waals surface area contributed by atoms with Gasteiger partial charge >= 0.3 is 11.9 Å². The smallest absolute Gasteiger partial charge is 0.335 e. The summed E-state index contributed by atoms with van der Waals surface area (Å²) in [6.07, 6.45) is 0. The zero-order chi connectivity index (χ0) is 22.9. The third kappa shape index (κ3) is 3.29. The Labute approximate surface area is 180 Å². The molecule has 0 amide bonds. The second kappa shape index (κ2) is 8.13. The molecule has 0 aliphatic heterocycles. The minimum absolute atomic E-state index is 0.00999. The fourth-order valence-electron chi connectivity index (χ4n) is 4.70. The maximum Gasteiger partial charge on any atom is 0.335 e. The van der Waals surface area contributed by atoms with E-state index < -0.39 is 23.3 Å². The Kier molecular flexibility index (Phi) is 5.73. The van der Waals surface area contributed by atoms with Crippen LogP contribution >= 0.6 is 0 Å². The van der Waals surface area contributed by atoms with Crippen molar-refractivity contribution in [3.63, 3.8) is 0 Å². The van der Waals surface area contributed by atoms with Crippen LogP contribution in [0.15, 0.2) is 70.4 Å². The Hall–Kier alpha value is -3.83. The molecule has 7 heteroatoms. The van der Waals surface area contributed by atoms with Gasteiger partial charge in [0, 0.05) is 16.5 Å². The van der Waals surface area contributed by atoms with E-state index in [1.54, 1.807) is 6.07 Å². The van der Waals surface area contributed by atoms with E-state index in [0.29, 0.717) is 16.7 Å². The molecule has 0 bridgehead atoms. The fraction of sp³-hybridized carbons (Fsp3) is 0.250. The van der Waals surface area contributed by atoms with Gasteiger partial charge in [-0.1, -0.05) is 54.0 Å². The average Bonchev–Trinajstić information content (AvgIpc) is 2.74. The van der Waals surface area contributed by atoms with Gasteiger partial charge in [-0.15, -0.1) is 0 Å². The van der Waals surface area contributed by atoms with Crippen LogP contribution in [0.3, 0.4) is 0 Å². The molecule has 0 fully saturated rings. The van der Waals surface area contributed by atoms with Crippen LogP contribution in [0, 0.1) is 5.92 Å². The molecule has 2 aromatic rings. The third-order valence-electron chi connectivity index (χ3n) is 6.46. The van der Waals surface area contributed by atoms with Crippen molar-refractivity contribution >= 4 is 23.2 Å². The Morgan fingerprint density at radius 2 is 1.71 bits per heavy atom. The first-order chi connectivity index (χ1) is 14.7. The molecule has 0 saturated heterocycles. The van der Waals surface area contributed by atoms with Crippen molar-refractivity contribution in [3.8, 4) is 0 Å². The van der Waals surface area contributed by atoms with Gasteiger partial charge in [-0.25, -0.2) is 4.79 Å². The average molecular weight is 417 g/mol. The number of aliphatic carboxylic acids is 1. The van der Waals surface area contributed by atoms with Crippen LogP contribution in [0.2, 0.25) is 0 Å². The van der Waals surface area contributed by atoms with Crippen molar-refractivity contribution in [2.75, 3.05) is 0 Å². The minimum atomic E-state index is -1.24. The van der Waals surface area contributed by atoms with Crippen LogP contribution in [0.5, 0.6) is 0 Å². The van der Waals surface area contributed by atoms with Crippen molar-refractivity contribution in [3.05, 3.63) is 92.4 Å². The molecule has 1 aliphatic carbocycles. The Bertz CT molecular complexity index is 1190. The van der Waals surface area contributed by atoms with Gasteiger partial charge in [-0.2, -0.15) is 0 Å². The number of allylic oxidation sites excluding steroid dienone is 3. The van der Waals surface area contributed by atoms with Crippen LogP contribution in [-0.4, -0.2) is 22.2 Å². The molecule has 3 rings (SSSR count). The van der Waals surface area contributed by atoms with Crippen LogP contribution < -0.4 is 0 Å². The lowest BCUT2D eigenvalue weighted by Crippen LogP contribution is -2.46. The predicted octanol–water partition coefficient (Wildman–Crippen LogP) is 6.11. The summed E-state index contributed by atoms with van der Waals surface area (Å²) >= 11 is 0. The highest BCUT2D eigenvalue weighted by Gasteiger charge is 2.51. The number of benzene rings is 2. The zero-order valence-corrected chi connectivity index (χ0v) is 17.7. The molecule has 0 aromatic heterocycles. The molecular weight excluding hydrogens is 394 g/mol. The maximum atomic E-state index is 12.7. The number of hydrogen-bond donors (Lipinski definition) is 2. The molecule has 2 atom stereocenters. The van der Waals surface area contributed by atoms with E-state index in [4.69, 9.17) is 5.53 Å². The number of rotatable bonds is 5. The molecule has 2 unspecified atom stereocenters. The van der Waals surface area contributed by atoms with Gasteiger partial charge in [0.25, 0.3) is 0 Å². The number of nitrogens with zero attached hydrogens (tertiary/aromatic N) is 3. The van der Waals surface area contributed by atoms with Crippen LogP contribution in [0.4, 0.5) is 5.69 Å². The SMILES string of the molecule is CC1=C(C)C(C(=O)O)(c2ccccc2)C(C)C(C)=C1c1ccc(C(=O)O)cc1N=[N+]=[N-]. The molecule has 0 spiro atoms. The number of aromatic carboxylic acids is 1. The molecule has 2 aromatic carbocycles. The monoisotopic (exact) mass is 417 g/mol. The van der Waals surface area contributed by atoms with Gasteiger partial charge < -0.3 is 10.2 Å². The Balaban J connectivity index is 2.33. The molecule has 2 N–H and O–H groups in total. The van der Waals surface area contributed by atoms with Gasteiger partial charge in [-0.05, 0) is 66.3 Å². The topological polar surface area (TPSA) is 123 Å². The first kappa shape index (κ1) is 21.9. The molecule has 0 heterocycles. The van der Waals surface area contributed by atoms with E-state index >= 15 is 0 Å². The third-order valence-corrected chi connectivity index (χ3v) is 6.46. The van der Waals surface area contributed by atoms with E-state index in [9.17, 15) is 19.8 Å². The van der Waals surface area contributed by atoms with Crippen LogP contribution in [0.25, 0.3) is 16.0 Å². The summed E-state index contributed by atoms with van der Waals surface area (Å²) in [7, 11) is 0. The van der Waals surface area contributed by atoms with Gasteiger partial charge in [0.15, 0.2) is 0 Å². The van der Waals surface area contributed by atoms with E-state index in [2.05, 4.69) is 10.0 Å². The van der Waals surface area contributed by atoms with Crippen molar-refractivity contribution in [1.29, 1.82) is 0 Å². The molecule has 7 nitrogen and oxygen atoms in total. The number of carbonyl (C=O) groups is 2. The van der Waals surface area contributed by atoms with Gasteiger partial charge in [0.1, 0.15) is 5.41 Å². The quantitative estimate of drug-likeness (QED) is 0.346. The van der Waals surface area contributed by atoms with Gasteiger partial charge in [-0.3, -0.25) is 4.79 Å². The largest absolute Gasteiger partial charge is 0.480 e. The summed E-state index contributed by atoms with van der Waals surface area (Å²) in [4.78, 5) is 27.0. The van der Waals surface area contributed by atoms with E-state index in [-0.39, 0.29) is 11.3 Å². The van der Waals surface area contributed by atoms with Gasteiger partial charge in [0.2, 0.25) is 0 Å². The summed E-state index contributed by atoms with van der Waals surface area (Å²) in [6.45, 7) is 7.43. The lowest BCUT2D eigenvalue weighted by molar-refractivity contribution is -0.143. The van der Waals surface area contributed by atoms with E-state index in [1.807, 2.05) is 58.0 Å². The molecule has 1 aliphatic rings. The Morgan fingerprint density at radius 3 is 2.26 bits per heavy atom. The highest BCUT2D eigenvalue weighted by molar-refractivity contribution is 5.97. The predicted molar refractivity (Wildman–Crippen MR) is 118 cm³/mol. The standard InChI is InChI=1S/C24H23N3O4/c1-13-15(3)24(23(30)31,18-8-6-5-7-9-18)16(4)14(2)21(13)19-11-10-17(22(28)29)12-20(19)26-27-25/h5-12,15H,1-4H3,(H,28,29)(H,30,31). The summed E-state index contributed by atoms with van der Waals surface area (Å²) < 4.78 is 0. The highest BCUT2D eigenvalue weighted by Crippen LogP contribution is 2.52. The number of carboxylic acids is 2. The van der Waals surface area contributed by atoms with Crippen molar-refractivity contribution < 1.29 is 19.8 Å². The van der Waals surface area contributed by atoms with E-state index in [1.165, 1.54) is 12.1 Å². The lowest BCUT2D eigenvalue weighted by Gasteiger charge is -2.43. The summed E-state index contributed by atoms with van der Waals surface area (Å²) in [5.74, 6) is -2.46. The highest BCUT2D eigenvalue weighted by atomic mass is 16.4. The minimum Gasteiger partial charge on any atom is -0.480 e. The van der Waals surface area contributed by atoms with Crippen LogP contribution in [-0.2, 0) is 10.2 Å². The number of carboxylic acid groups (broad SMARTS) is 2. The summed E-state index contributed by atoms with van der Waals surface area (Å²) in [6, 6.07) is 13.6. The fourth-order valence-corrected chi connectivity index (χ4v) is 4.70. The number of azide groups is 1. The molecule has 158 valence electrons. The van der Waals surface area contributed by atoms with Gasteiger partial charge in [0.05, 0.1) is 5.56 Å². The Morgan fingerprint density at radius 1 is 1.06 bits per heavy atom. The number of hydrogen-bond acceptors (Lipinski definition) is 3. The van der Waals surface area contributed by atoms with E-state index in [0.717, 1.165) is 16.7 Å². The van der Waals surface area contributed by atoms with Crippen molar-refractivity contribution in [1.82, 2.24) is 0 Å². The normalized spacial score (nSPS) is 21.0. The second-order valence-corrected chi connectivity index (χ2v) is 7.74. The molecule has 31 heavy (non-hydrogen) atoms. The summed E-state index contributed by atoms with van der Waals surface area (Å²) in [5.41, 5.74) is 12.3. The first-order valence-corrected chi connectivity index (χ1v) is 9.78. The first-order valence-electron chi connectivity index (χ1n) is 9.78. The van der Waals surface area contributed by atoms with Crippen molar-refractivity contribution in [2.24, 2.45) is 11.0 Å². The molecule has 0 saturated carbocycles.